The molecule has 1 aromatic heterocycles. The van der Waals surface area contributed by atoms with Gasteiger partial charge in [-0.3, -0.25) is 4.68 Å². The first-order valence-electron chi connectivity index (χ1n) is 6.15. The number of nitrogens with zero attached hydrogens (tertiary/aromatic N) is 3. The molecule has 0 saturated heterocycles. The number of aromatic nitrogens is 3. The molecule has 0 fully saturated rings. The Labute approximate surface area is 115 Å². The summed E-state index contributed by atoms with van der Waals surface area (Å²) in [5.41, 5.74) is 0.606. The molecular formula is C13H16FN3OS. The van der Waals surface area contributed by atoms with Crippen molar-refractivity contribution in [3.05, 3.63) is 42.0 Å². The second-order valence-corrected chi connectivity index (χ2v) is 5.30. The molecule has 0 saturated carbocycles. The molecule has 19 heavy (non-hydrogen) atoms. The molecule has 0 aliphatic rings. The van der Waals surface area contributed by atoms with Crippen LogP contribution >= 0.6 is 11.8 Å². The largest absolute Gasteiger partial charge is 0.387 e. The zero-order chi connectivity index (χ0) is 13.7. The van der Waals surface area contributed by atoms with E-state index in [4.69, 9.17) is 0 Å². The highest BCUT2D eigenvalue weighted by Gasteiger charge is 2.09. The van der Waals surface area contributed by atoms with Gasteiger partial charge in [0.2, 0.25) is 0 Å². The van der Waals surface area contributed by atoms with Crippen molar-refractivity contribution in [2.75, 3.05) is 5.75 Å². The monoisotopic (exact) mass is 281 g/mol. The van der Waals surface area contributed by atoms with Gasteiger partial charge in [-0.15, -0.1) is 16.9 Å². The highest BCUT2D eigenvalue weighted by atomic mass is 32.2. The summed E-state index contributed by atoms with van der Waals surface area (Å²) in [7, 11) is 0. The van der Waals surface area contributed by atoms with E-state index in [-0.39, 0.29) is 5.82 Å². The number of aliphatic hydroxyl groups is 1. The van der Waals surface area contributed by atoms with Crippen LogP contribution in [0.25, 0.3) is 0 Å². The van der Waals surface area contributed by atoms with Crippen LogP contribution in [0.15, 0.2) is 35.4 Å². The van der Waals surface area contributed by atoms with Crippen LogP contribution in [0.1, 0.15) is 25.1 Å². The van der Waals surface area contributed by atoms with E-state index in [2.05, 4.69) is 10.3 Å². The van der Waals surface area contributed by atoms with Crippen molar-refractivity contribution in [3.8, 4) is 0 Å². The molecule has 1 heterocycles. The normalized spacial score (nSPS) is 12.6. The van der Waals surface area contributed by atoms with Gasteiger partial charge in [0.15, 0.2) is 0 Å². The number of benzene rings is 1. The lowest BCUT2D eigenvalue weighted by Gasteiger charge is -2.02. The molecule has 0 amide bonds. The summed E-state index contributed by atoms with van der Waals surface area (Å²) in [4.78, 5) is 1.02. The lowest BCUT2D eigenvalue weighted by atomic mass is 10.2. The molecule has 4 nitrogen and oxygen atoms in total. The Morgan fingerprint density at radius 2 is 2.11 bits per heavy atom. The minimum Gasteiger partial charge on any atom is -0.387 e. The van der Waals surface area contributed by atoms with Crippen LogP contribution in [-0.4, -0.2) is 25.9 Å². The molecule has 0 aliphatic heterocycles. The number of hydrogen-bond acceptors (Lipinski definition) is 4. The molecule has 0 spiro atoms. The van der Waals surface area contributed by atoms with Crippen molar-refractivity contribution in [2.24, 2.45) is 0 Å². The standard InChI is InChI=1S/C13H16FN3OS/c1-2-13(18)12-9-17(16-15-12)7-8-19-11-5-3-10(14)4-6-11/h3-6,9,13,18H,2,7-8H2,1H3. The first-order valence-corrected chi connectivity index (χ1v) is 7.14. The van der Waals surface area contributed by atoms with Crippen LogP contribution in [0.4, 0.5) is 4.39 Å². The summed E-state index contributed by atoms with van der Waals surface area (Å²) in [6.45, 7) is 2.60. The van der Waals surface area contributed by atoms with E-state index in [1.165, 1.54) is 12.1 Å². The van der Waals surface area contributed by atoms with Crippen LogP contribution < -0.4 is 0 Å². The number of halogens is 1. The van der Waals surface area contributed by atoms with Gasteiger partial charge in [-0.2, -0.15) is 0 Å². The van der Waals surface area contributed by atoms with Gasteiger partial charge >= 0.3 is 0 Å². The first-order chi connectivity index (χ1) is 9.19. The van der Waals surface area contributed by atoms with Crippen LogP contribution in [0.5, 0.6) is 0 Å². The summed E-state index contributed by atoms with van der Waals surface area (Å²) in [6, 6.07) is 6.42. The second kappa shape index (κ2) is 6.68. The molecule has 0 radical (unpaired) electrons. The van der Waals surface area contributed by atoms with Crippen molar-refractivity contribution in [1.82, 2.24) is 15.0 Å². The third-order valence-corrected chi connectivity index (χ3v) is 3.68. The van der Waals surface area contributed by atoms with Gasteiger partial charge < -0.3 is 5.11 Å². The Morgan fingerprint density at radius 3 is 2.79 bits per heavy atom. The van der Waals surface area contributed by atoms with Gasteiger partial charge in [-0.05, 0) is 30.7 Å². The molecule has 102 valence electrons. The fourth-order valence-electron chi connectivity index (χ4n) is 1.57. The molecule has 2 rings (SSSR count). The fourth-order valence-corrected chi connectivity index (χ4v) is 2.41. The van der Waals surface area contributed by atoms with Gasteiger partial charge in [0.1, 0.15) is 11.5 Å². The van der Waals surface area contributed by atoms with E-state index in [1.54, 1.807) is 34.8 Å². The van der Waals surface area contributed by atoms with Crippen LogP contribution in [0.3, 0.4) is 0 Å². The van der Waals surface area contributed by atoms with E-state index in [0.29, 0.717) is 18.7 Å². The number of hydrogen-bond donors (Lipinski definition) is 1. The zero-order valence-corrected chi connectivity index (χ0v) is 11.5. The van der Waals surface area contributed by atoms with Crippen molar-refractivity contribution in [2.45, 2.75) is 30.9 Å². The van der Waals surface area contributed by atoms with Gasteiger partial charge in [0, 0.05) is 10.6 Å². The summed E-state index contributed by atoms with van der Waals surface area (Å²) in [5, 5.41) is 17.5. The number of aliphatic hydroxyl groups excluding tert-OH is 1. The Bertz CT molecular complexity index is 515. The lowest BCUT2D eigenvalue weighted by molar-refractivity contribution is 0.168. The highest BCUT2D eigenvalue weighted by molar-refractivity contribution is 7.99. The first kappa shape index (κ1) is 14.0. The van der Waals surface area contributed by atoms with Gasteiger partial charge in [0.05, 0.1) is 18.8 Å². The number of thioether (sulfide) groups is 1. The molecule has 2 aromatic rings. The zero-order valence-electron chi connectivity index (χ0n) is 10.7. The van der Waals surface area contributed by atoms with Crippen LogP contribution in [0.2, 0.25) is 0 Å². The quantitative estimate of drug-likeness (QED) is 0.827. The molecule has 1 unspecified atom stereocenters. The Hall–Kier alpha value is -1.40. The average Bonchev–Trinajstić information content (AvgIpc) is 2.89. The molecule has 1 atom stereocenters. The summed E-state index contributed by atoms with van der Waals surface area (Å²) >= 11 is 1.63. The minimum absolute atomic E-state index is 0.223. The number of aryl methyl sites for hydroxylation is 1. The Balaban J connectivity index is 1.82. The van der Waals surface area contributed by atoms with E-state index in [9.17, 15) is 9.50 Å². The van der Waals surface area contributed by atoms with Crippen LogP contribution in [0, 0.1) is 5.82 Å². The number of rotatable bonds is 6. The lowest BCUT2D eigenvalue weighted by Crippen LogP contribution is -2.01. The van der Waals surface area contributed by atoms with Gasteiger partial charge in [-0.1, -0.05) is 12.1 Å². The highest BCUT2D eigenvalue weighted by Crippen LogP contribution is 2.18. The molecule has 1 N–H and O–H groups in total. The predicted octanol–water partition coefficient (Wildman–Crippen LogP) is 2.65. The van der Waals surface area contributed by atoms with Crippen molar-refractivity contribution >= 4 is 11.8 Å². The Morgan fingerprint density at radius 1 is 1.37 bits per heavy atom. The molecule has 0 aliphatic carbocycles. The maximum Gasteiger partial charge on any atom is 0.123 e. The maximum absolute atomic E-state index is 12.7. The van der Waals surface area contributed by atoms with Gasteiger partial charge in [0.25, 0.3) is 0 Å². The second-order valence-electron chi connectivity index (χ2n) is 4.13. The van der Waals surface area contributed by atoms with Crippen LogP contribution in [-0.2, 0) is 6.54 Å². The summed E-state index contributed by atoms with van der Waals surface area (Å²) < 4.78 is 14.4. The SMILES string of the molecule is CCC(O)c1cn(CCSc2ccc(F)cc2)nn1. The van der Waals surface area contributed by atoms with E-state index < -0.39 is 6.10 Å². The Kier molecular flexibility index (Phi) is 4.93. The average molecular weight is 281 g/mol. The van der Waals surface area contributed by atoms with E-state index in [0.717, 1.165) is 10.6 Å². The van der Waals surface area contributed by atoms with Gasteiger partial charge in [-0.25, -0.2) is 4.39 Å². The summed E-state index contributed by atoms with van der Waals surface area (Å²) in [6.07, 6.45) is 1.85. The van der Waals surface area contributed by atoms with E-state index in [1.807, 2.05) is 6.92 Å². The van der Waals surface area contributed by atoms with Crippen molar-refractivity contribution in [1.29, 1.82) is 0 Å². The molecular weight excluding hydrogens is 265 g/mol. The maximum atomic E-state index is 12.7. The smallest absolute Gasteiger partial charge is 0.123 e. The topological polar surface area (TPSA) is 50.9 Å². The summed E-state index contributed by atoms with van der Waals surface area (Å²) in [5.74, 6) is 0.593. The minimum atomic E-state index is -0.543. The third-order valence-electron chi connectivity index (χ3n) is 2.69. The predicted molar refractivity (Wildman–Crippen MR) is 72.4 cm³/mol. The van der Waals surface area contributed by atoms with Crippen molar-refractivity contribution in [3.63, 3.8) is 0 Å². The van der Waals surface area contributed by atoms with Crippen molar-refractivity contribution < 1.29 is 9.50 Å². The third kappa shape index (κ3) is 4.04. The molecule has 6 heteroatoms. The molecule has 1 aromatic carbocycles. The van der Waals surface area contributed by atoms with E-state index >= 15 is 0 Å². The molecule has 0 bridgehead atoms. The fraction of sp³-hybridized carbons (Fsp3) is 0.385.